The fourth-order valence-electron chi connectivity index (χ4n) is 1.27. The molecule has 0 atom stereocenters. The van der Waals surface area contributed by atoms with Crippen LogP contribution in [0.15, 0.2) is 6.07 Å². The molecular formula is C10H9F2N3O2. The summed E-state index contributed by atoms with van der Waals surface area (Å²) in [5, 5.41) is 8.70. The fourth-order valence-corrected chi connectivity index (χ4v) is 1.27. The number of alkyl halides is 2. The van der Waals surface area contributed by atoms with E-state index in [-0.39, 0.29) is 23.4 Å². The zero-order valence-electron chi connectivity index (χ0n) is 8.91. The van der Waals surface area contributed by atoms with E-state index < -0.39 is 18.1 Å². The van der Waals surface area contributed by atoms with Crippen molar-refractivity contribution in [2.45, 2.75) is 13.0 Å². The number of hydrogen-bond donors (Lipinski definition) is 1. The molecule has 7 heteroatoms. The van der Waals surface area contributed by atoms with Crippen molar-refractivity contribution in [3.8, 4) is 6.07 Å². The van der Waals surface area contributed by atoms with Gasteiger partial charge in [-0.25, -0.2) is 18.6 Å². The van der Waals surface area contributed by atoms with Crippen LogP contribution in [0.4, 0.5) is 8.78 Å². The molecule has 0 bridgehead atoms. The Balaban J connectivity index is 3.44. The van der Waals surface area contributed by atoms with Crippen LogP contribution in [0.1, 0.15) is 33.7 Å². The Hall–Kier alpha value is -2.07. The van der Waals surface area contributed by atoms with Crippen LogP contribution in [0, 0.1) is 11.3 Å². The number of carbonyl (C=O) groups excluding carboxylic acids is 1. The van der Waals surface area contributed by atoms with Crippen LogP contribution >= 0.6 is 0 Å². The highest BCUT2D eigenvalue weighted by Crippen LogP contribution is 2.23. The van der Waals surface area contributed by atoms with Gasteiger partial charge in [0.25, 0.3) is 6.43 Å². The number of nitrogens with two attached hydrogens (primary N) is 1. The van der Waals surface area contributed by atoms with Gasteiger partial charge in [0.05, 0.1) is 23.9 Å². The number of carbonyl (C=O) groups is 1. The monoisotopic (exact) mass is 241 g/mol. The van der Waals surface area contributed by atoms with E-state index >= 15 is 0 Å². The number of esters is 1. The number of halogens is 2. The average molecular weight is 241 g/mol. The van der Waals surface area contributed by atoms with Crippen molar-refractivity contribution in [3.63, 3.8) is 0 Å². The largest absolute Gasteiger partial charge is 0.465 e. The van der Waals surface area contributed by atoms with Gasteiger partial charge < -0.3 is 10.5 Å². The van der Waals surface area contributed by atoms with Gasteiger partial charge in [0.1, 0.15) is 11.8 Å². The van der Waals surface area contributed by atoms with Crippen molar-refractivity contribution in [3.05, 3.63) is 28.6 Å². The van der Waals surface area contributed by atoms with Crippen LogP contribution in [-0.2, 0) is 11.3 Å². The van der Waals surface area contributed by atoms with E-state index in [0.717, 1.165) is 13.2 Å². The molecule has 0 aromatic carbocycles. The molecule has 0 aliphatic carbocycles. The van der Waals surface area contributed by atoms with Crippen molar-refractivity contribution >= 4 is 5.97 Å². The number of ether oxygens (including phenoxy) is 1. The molecule has 5 nitrogen and oxygen atoms in total. The van der Waals surface area contributed by atoms with E-state index in [2.05, 4.69) is 9.72 Å². The standard InChI is InChI=1S/C10H9F2N3O2/c1-17-10(16)6-2-5(3-13)8(9(11)12)15-7(6)4-14/h2,9H,4,14H2,1H3. The third-order valence-corrected chi connectivity index (χ3v) is 2.06. The third kappa shape index (κ3) is 2.54. The number of pyridine rings is 1. The van der Waals surface area contributed by atoms with Crippen molar-refractivity contribution in [1.82, 2.24) is 4.98 Å². The first-order valence-corrected chi connectivity index (χ1v) is 4.55. The lowest BCUT2D eigenvalue weighted by Gasteiger charge is -2.09. The quantitative estimate of drug-likeness (QED) is 0.801. The van der Waals surface area contributed by atoms with E-state index in [1.807, 2.05) is 0 Å². The van der Waals surface area contributed by atoms with Crippen LogP contribution < -0.4 is 5.73 Å². The molecule has 17 heavy (non-hydrogen) atoms. The maximum absolute atomic E-state index is 12.6. The second kappa shape index (κ2) is 5.32. The van der Waals surface area contributed by atoms with Crippen LogP contribution in [0.3, 0.4) is 0 Å². The lowest BCUT2D eigenvalue weighted by molar-refractivity contribution is 0.0598. The minimum Gasteiger partial charge on any atom is -0.465 e. The summed E-state index contributed by atoms with van der Waals surface area (Å²) in [4.78, 5) is 14.9. The number of rotatable bonds is 3. The van der Waals surface area contributed by atoms with Gasteiger partial charge in [0.15, 0.2) is 0 Å². The van der Waals surface area contributed by atoms with Crippen LogP contribution in [0.2, 0.25) is 0 Å². The first kappa shape index (κ1) is 13.0. The Morgan fingerprint density at radius 2 is 2.35 bits per heavy atom. The Kier molecular flexibility index (Phi) is 4.06. The molecule has 0 unspecified atom stereocenters. The zero-order valence-corrected chi connectivity index (χ0v) is 8.91. The van der Waals surface area contributed by atoms with Crippen molar-refractivity contribution < 1.29 is 18.3 Å². The highest BCUT2D eigenvalue weighted by Gasteiger charge is 2.21. The maximum Gasteiger partial charge on any atom is 0.339 e. The van der Waals surface area contributed by atoms with Crippen LogP contribution in [-0.4, -0.2) is 18.1 Å². The zero-order chi connectivity index (χ0) is 13.0. The molecular weight excluding hydrogens is 232 g/mol. The minimum absolute atomic E-state index is 0.0221. The SMILES string of the molecule is COC(=O)c1cc(C#N)c(C(F)F)nc1CN. The van der Waals surface area contributed by atoms with Crippen molar-refractivity contribution in [2.24, 2.45) is 5.73 Å². The number of methoxy groups -OCH3 is 1. The second-order valence-corrected chi connectivity index (χ2v) is 3.02. The Morgan fingerprint density at radius 1 is 1.71 bits per heavy atom. The van der Waals surface area contributed by atoms with Gasteiger partial charge in [-0.3, -0.25) is 0 Å². The van der Waals surface area contributed by atoms with E-state index in [9.17, 15) is 13.6 Å². The first-order chi connectivity index (χ1) is 8.04. The summed E-state index contributed by atoms with van der Waals surface area (Å²) in [6.45, 7) is -0.199. The van der Waals surface area contributed by atoms with Gasteiger partial charge in [0, 0.05) is 6.54 Å². The normalized spacial score (nSPS) is 10.1. The Morgan fingerprint density at radius 3 is 2.76 bits per heavy atom. The second-order valence-electron chi connectivity index (χ2n) is 3.02. The molecule has 0 fully saturated rings. The van der Waals surface area contributed by atoms with E-state index in [1.165, 1.54) is 0 Å². The molecule has 0 aliphatic rings. The number of nitriles is 1. The molecule has 0 saturated heterocycles. The number of aromatic nitrogens is 1. The van der Waals surface area contributed by atoms with Gasteiger partial charge in [-0.15, -0.1) is 0 Å². The smallest absolute Gasteiger partial charge is 0.339 e. The predicted molar refractivity (Wildman–Crippen MR) is 53.1 cm³/mol. The summed E-state index contributed by atoms with van der Waals surface area (Å²) in [7, 11) is 1.13. The fraction of sp³-hybridized carbons (Fsp3) is 0.300. The molecule has 0 aliphatic heterocycles. The molecule has 1 aromatic rings. The molecule has 90 valence electrons. The minimum atomic E-state index is -2.90. The van der Waals surface area contributed by atoms with E-state index in [0.29, 0.717) is 0 Å². The van der Waals surface area contributed by atoms with E-state index in [1.54, 1.807) is 6.07 Å². The summed E-state index contributed by atoms with van der Waals surface area (Å²) in [6.07, 6.45) is -2.90. The van der Waals surface area contributed by atoms with Gasteiger partial charge in [-0.1, -0.05) is 0 Å². The lowest BCUT2D eigenvalue weighted by atomic mass is 10.1. The third-order valence-electron chi connectivity index (χ3n) is 2.06. The number of hydrogen-bond acceptors (Lipinski definition) is 5. The Bertz CT molecular complexity index is 483. The van der Waals surface area contributed by atoms with Crippen LogP contribution in [0.5, 0.6) is 0 Å². The highest BCUT2D eigenvalue weighted by atomic mass is 19.3. The summed E-state index contributed by atoms with van der Waals surface area (Å²) >= 11 is 0. The van der Waals surface area contributed by atoms with Crippen molar-refractivity contribution in [1.29, 1.82) is 5.26 Å². The van der Waals surface area contributed by atoms with Gasteiger partial charge in [-0.05, 0) is 6.07 Å². The van der Waals surface area contributed by atoms with E-state index in [4.69, 9.17) is 11.0 Å². The van der Waals surface area contributed by atoms with Crippen LogP contribution in [0.25, 0.3) is 0 Å². The number of nitrogens with zero attached hydrogens (tertiary/aromatic N) is 2. The molecule has 0 amide bonds. The molecule has 0 saturated carbocycles. The predicted octanol–water partition coefficient (Wildman–Crippen LogP) is 1.14. The molecule has 2 N–H and O–H groups in total. The highest BCUT2D eigenvalue weighted by molar-refractivity contribution is 5.91. The lowest BCUT2D eigenvalue weighted by Crippen LogP contribution is -2.14. The first-order valence-electron chi connectivity index (χ1n) is 4.55. The van der Waals surface area contributed by atoms with Crippen molar-refractivity contribution in [2.75, 3.05) is 7.11 Å². The van der Waals surface area contributed by atoms with Gasteiger partial charge in [0.2, 0.25) is 0 Å². The molecule has 0 radical (unpaired) electrons. The molecule has 1 rings (SSSR count). The topological polar surface area (TPSA) is 89.0 Å². The Labute approximate surface area is 95.8 Å². The summed E-state index contributed by atoms with van der Waals surface area (Å²) in [5.74, 6) is -0.768. The summed E-state index contributed by atoms with van der Waals surface area (Å²) in [5.41, 5.74) is 4.17. The molecule has 1 aromatic heterocycles. The maximum atomic E-state index is 12.6. The molecule has 1 heterocycles. The van der Waals surface area contributed by atoms with Gasteiger partial charge in [-0.2, -0.15) is 5.26 Å². The summed E-state index contributed by atoms with van der Waals surface area (Å²) < 4.78 is 29.6. The molecule has 0 spiro atoms. The van der Waals surface area contributed by atoms with Gasteiger partial charge >= 0.3 is 5.97 Å². The summed E-state index contributed by atoms with van der Waals surface area (Å²) in [6, 6.07) is 2.57. The average Bonchev–Trinajstić information content (AvgIpc) is 2.35.